The SMILES string of the molecule is N#Cc1ccc(CN)nn1. The summed E-state index contributed by atoms with van der Waals surface area (Å²) in [5.74, 6) is 0. The van der Waals surface area contributed by atoms with E-state index in [9.17, 15) is 0 Å². The highest BCUT2D eigenvalue weighted by molar-refractivity contribution is 5.18. The predicted molar refractivity (Wildman–Crippen MR) is 34.6 cm³/mol. The first-order chi connectivity index (χ1) is 4.86. The van der Waals surface area contributed by atoms with E-state index < -0.39 is 0 Å². The van der Waals surface area contributed by atoms with Crippen molar-refractivity contribution in [3.05, 3.63) is 23.5 Å². The summed E-state index contributed by atoms with van der Waals surface area (Å²) >= 11 is 0. The molecule has 0 bridgehead atoms. The van der Waals surface area contributed by atoms with Gasteiger partial charge in [0.2, 0.25) is 0 Å². The van der Waals surface area contributed by atoms with Gasteiger partial charge in [-0.3, -0.25) is 0 Å². The molecule has 0 amide bonds. The van der Waals surface area contributed by atoms with Crippen molar-refractivity contribution < 1.29 is 0 Å². The van der Waals surface area contributed by atoms with Crippen LogP contribution in [0.3, 0.4) is 0 Å². The Labute approximate surface area is 58.3 Å². The van der Waals surface area contributed by atoms with Crippen LogP contribution >= 0.6 is 0 Å². The standard InChI is InChI=1S/C6H6N4/c7-3-5-1-2-6(4-8)10-9-5/h1-2H,3,7H2. The van der Waals surface area contributed by atoms with Crippen LogP contribution in [0.25, 0.3) is 0 Å². The molecule has 1 rings (SSSR count). The molecule has 1 aromatic heterocycles. The zero-order chi connectivity index (χ0) is 7.40. The van der Waals surface area contributed by atoms with Gasteiger partial charge in [0.1, 0.15) is 6.07 Å². The second kappa shape index (κ2) is 2.90. The normalized spacial score (nSPS) is 8.80. The van der Waals surface area contributed by atoms with E-state index in [4.69, 9.17) is 11.0 Å². The van der Waals surface area contributed by atoms with Crippen LogP contribution in [0, 0.1) is 11.3 Å². The third kappa shape index (κ3) is 1.27. The van der Waals surface area contributed by atoms with E-state index >= 15 is 0 Å². The van der Waals surface area contributed by atoms with E-state index in [0.717, 1.165) is 0 Å². The molecule has 50 valence electrons. The van der Waals surface area contributed by atoms with Gasteiger partial charge in [0.15, 0.2) is 5.69 Å². The molecular weight excluding hydrogens is 128 g/mol. The van der Waals surface area contributed by atoms with Gasteiger partial charge in [-0.15, -0.1) is 5.10 Å². The predicted octanol–water partition coefficient (Wildman–Crippen LogP) is -0.193. The van der Waals surface area contributed by atoms with E-state index in [0.29, 0.717) is 17.9 Å². The van der Waals surface area contributed by atoms with Crippen LogP contribution in [0.15, 0.2) is 12.1 Å². The third-order valence-electron chi connectivity index (χ3n) is 1.04. The van der Waals surface area contributed by atoms with E-state index in [1.54, 1.807) is 12.1 Å². The van der Waals surface area contributed by atoms with Crippen LogP contribution in [-0.2, 0) is 6.54 Å². The summed E-state index contributed by atoms with van der Waals surface area (Å²) in [5, 5.41) is 15.6. The molecule has 0 aliphatic rings. The van der Waals surface area contributed by atoms with Gasteiger partial charge < -0.3 is 5.73 Å². The fraction of sp³-hybridized carbons (Fsp3) is 0.167. The van der Waals surface area contributed by atoms with Crippen molar-refractivity contribution >= 4 is 0 Å². The lowest BCUT2D eigenvalue weighted by Gasteiger charge is -1.90. The summed E-state index contributed by atoms with van der Waals surface area (Å²) in [6.45, 7) is 0.360. The molecule has 0 radical (unpaired) electrons. The highest BCUT2D eigenvalue weighted by Crippen LogP contribution is 1.92. The Morgan fingerprint density at radius 3 is 2.70 bits per heavy atom. The monoisotopic (exact) mass is 134 g/mol. The van der Waals surface area contributed by atoms with Gasteiger partial charge in [0, 0.05) is 6.54 Å². The quantitative estimate of drug-likeness (QED) is 0.577. The molecular formula is C6H6N4. The van der Waals surface area contributed by atoms with Crippen molar-refractivity contribution in [3.8, 4) is 6.07 Å². The van der Waals surface area contributed by atoms with Gasteiger partial charge >= 0.3 is 0 Å². The fourth-order valence-corrected chi connectivity index (χ4v) is 0.528. The Balaban J connectivity index is 2.93. The Hall–Kier alpha value is -1.47. The van der Waals surface area contributed by atoms with Crippen molar-refractivity contribution in [1.29, 1.82) is 5.26 Å². The van der Waals surface area contributed by atoms with Gasteiger partial charge in [0.25, 0.3) is 0 Å². The Kier molecular flexibility index (Phi) is 1.92. The van der Waals surface area contributed by atoms with Crippen LogP contribution in [0.5, 0.6) is 0 Å². The highest BCUT2D eigenvalue weighted by Gasteiger charge is 1.92. The molecule has 1 aromatic rings. The van der Waals surface area contributed by atoms with E-state index in [1.165, 1.54) is 0 Å². The molecule has 2 N–H and O–H groups in total. The lowest BCUT2D eigenvalue weighted by atomic mass is 10.3. The molecule has 0 atom stereocenters. The Morgan fingerprint density at radius 2 is 2.30 bits per heavy atom. The largest absolute Gasteiger partial charge is 0.325 e. The number of nitriles is 1. The highest BCUT2D eigenvalue weighted by atomic mass is 15.1. The smallest absolute Gasteiger partial charge is 0.163 e. The number of hydrogen-bond acceptors (Lipinski definition) is 4. The molecule has 0 spiro atoms. The van der Waals surface area contributed by atoms with Crippen LogP contribution in [0.1, 0.15) is 11.4 Å². The van der Waals surface area contributed by atoms with Gasteiger partial charge in [-0.1, -0.05) is 0 Å². The molecule has 4 nitrogen and oxygen atoms in total. The van der Waals surface area contributed by atoms with Crippen LogP contribution in [0.2, 0.25) is 0 Å². The second-order valence-electron chi connectivity index (χ2n) is 1.73. The van der Waals surface area contributed by atoms with Gasteiger partial charge in [0.05, 0.1) is 5.69 Å². The molecule has 4 heteroatoms. The van der Waals surface area contributed by atoms with Gasteiger partial charge in [-0.25, -0.2) is 0 Å². The first-order valence-electron chi connectivity index (χ1n) is 2.79. The number of rotatable bonds is 1. The number of nitrogens with zero attached hydrogens (tertiary/aromatic N) is 3. The van der Waals surface area contributed by atoms with Crippen LogP contribution < -0.4 is 5.73 Å². The maximum Gasteiger partial charge on any atom is 0.163 e. The summed E-state index contributed by atoms with van der Waals surface area (Å²) in [6.07, 6.45) is 0. The third-order valence-corrected chi connectivity index (χ3v) is 1.04. The van der Waals surface area contributed by atoms with Crippen molar-refractivity contribution in [2.45, 2.75) is 6.54 Å². The average Bonchev–Trinajstić information content (AvgIpc) is 2.05. The van der Waals surface area contributed by atoms with Gasteiger partial charge in [-0.05, 0) is 12.1 Å². The lowest BCUT2D eigenvalue weighted by Crippen LogP contribution is -2.01. The van der Waals surface area contributed by atoms with Crippen LogP contribution in [-0.4, -0.2) is 10.2 Å². The molecule has 10 heavy (non-hydrogen) atoms. The summed E-state index contributed by atoms with van der Waals surface area (Å²) in [6, 6.07) is 5.14. The Bertz CT molecular complexity index is 245. The number of nitrogens with two attached hydrogens (primary N) is 1. The van der Waals surface area contributed by atoms with Crippen molar-refractivity contribution in [2.24, 2.45) is 5.73 Å². The topological polar surface area (TPSA) is 75.6 Å². The minimum atomic E-state index is 0.317. The molecule has 1 heterocycles. The molecule has 0 fully saturated rings. The van der Waals surface area contributed by atoms with E-state index in [-0.39, 0.29) is 0 Å². The molecule has 0 aliphatic heterocycles. The maximum atomic E-state index is 8.32. The van der Waals surface area contributed by atoms with Crippen molar-refractivity contribution in [2.75, 3.05) is 0 Å². The Morgan fingerprint density at radius 1 is 1.50 bits per heavy atom. The van der Waals surface area contributed by atoms with E-state index in [2.05, 4.69) is 10.2 Å². The first kappa shape index (κ1) is 6.65. The second-order valence-corrected chi connectivity index (χ2v) is 1.73. The molecule has 0 saturated heterocycles. The molecule has 0 saturated carbocycles. The van der Waals surface area contributed by atoms with E-state index in [1.807, 2.05) is 6.07 Å². The molecule has 0 aromatic carbocycles. The molecule has 0 unspecified atom stereocenters. The van der Waals surface area contributed by atoms with Crippen molar-refractivity contribution in [1.82, 2.24) is 10.2 Å². The van der Waals surface area contributed by atoms with Crippen LogP contribution in [0.4, 0.5) is 0 Å². The minimum absolute atomic E-state index is 0.317. The fourth-order valence-electron chi connectivity index (χ4n) is 0.528. The average molecular weight is 134 g/mol. The first-order valence-corrected chi connectivity index (χ1v) is 2.79. The summed E-state index contributed by atoms with van der Waals surface area (Å²) in [5.41, 5.74) is 6.27. The number of hydrogen-bond donors (Lipinski definition) is 1. The molecule has 0 aliphatic carbocycles. The zero-order valence-electron chi connectivity index (χ0n) is 5.28. The minimum Gasteiger partial charge on any atom is -0.325 e. The number of aromatic nitrogens is 2. The summed E-state index contributed by atoms with van der Waals surface area (Å²) in [7, 11) is 0. The summed E-state index contributed by atoms with van der Waals surface area (Å²) < 4.78 is 0. The lowest BCUT2D eigenvalue weighted by molar-refractivity contribution is 0.889. The zero-order valence-corrected chi connectivity index (χ0v) is 5.28. The summed E-state index contributed by atoms with van der Waals surface area (Å²) in [4.78, 5) is 0. The maximum absolute atomic E-state index is 8.32. The van der Waals surface area contributed by atoms with Gasteiger partial charge in [-0.2, -0.15) is 10.4 Å². The van der Waals surface area contributed by atoms with Crippen molar-refractivity contribution in [3.63, 3.8) is 0 Å².